The van der Waals surface area contributed by atoms with E-state index in [9.17, 15) is 13.6 Å². The zero-order valence-corrected chi connectivity index (χ0v) is 11.2. The summed E-state index contributed by atoms with van der Waals surface area (Å²) >= 11 is 3.04. The summed E-state index contributed by atoms with van der Waals surface area (Å²) in [5.74, 6) is -1.39. The normalized spacial score (nSPS) is 10.3. The largest absolute Gasteiger partial charge is 0.323 e. The molecule has 98 valence electrons. The zero-order valence-electron chi connectivity index (χ0n) is 9.66. The number of amides is 1. The number of carbonyl (C=O) groups is 1. The van der Waals surface area contributed by atoms with Crippen LogP contribution in [0, 0.1) is 11.6 Å². The number of rotatable bonds is 3. The Morgan fingerprint density at radius 1 is 1.26 bits per heavy atom. The molecule has 1 N–H and O–H groups in total. The molecule has 0 aliphatic carbocycles. The second kappa shape index (κ2) is 5.88. The van der Waals surface area contributed by atoms with E-state index in [2.05, 4.69) is 26.2 Å². The summed E-state index contributed by atoms with van der Waals surface area (Å²) in [6, 6.07) is 5.65. The summed E-state index contributed by atoms with van der Waals surface area (Å²) in [5, 5.41) is 2.43. The highest BCUT2D eigenvalue weighted by atomic mass is 79.9. The molecule has 0 radical (unpaired) electrons. The minimum absolute atomic E-state index is 0.0284. The first-order valence-electron chi connectivity index (χ1n) is 5.39. The molecule has 0 saturated heterocycles. The third-order valence-corrected chi connectivity index (χ3v) is 3.00. The van der Waals surface area contributed by atoms with Gasteiger partial charge in [-0.2, -0.15) is 0 Å². The fraction of sp³-hybridized carbons (Fsp3) is 0.0769. The molecule has 2 rings (SSSR count). The maximum Gasteiger partial charge on any atom is 0.228 e. The lowest BCUT2D eigenvalue weighted by atomic mass is 10.1. The van der Waals surface area contributed by atoms with Crippen molar-refractivity contribution in [2.45, 2.75) is 6.42 Å². The summed E-state index contributed by atoms with van der Waals surface area (Å²) in [5.41, 5.74) is 0.696. The second-order valence-electron chi connectivity index (χ2n) is 3.83. The Balaban J connectivity index is 2.05. The van der Waals surface area contributed by atoms with Gasteiger partial charge in [0, 0.05) is 6.20 Å². The Morgan fingerprint density at radius 3 is 2.74 bits per heavy atom. The lowest BCUT2D eigenvalue weighted by molar-refractivity contribution is -0.115. The minimum atomic E-state index is -0.601. The van der Waals surface area contributed by atoms with Crippen molar-refractivity contribution in [1.29, 1.82) is 0 Å². The molecule has 0 bridgehead atoms. The van der Waals surface area contributed by atoms with Crippen LogP contribution in [-0.2, 0) is 11.2 Å². The summed E-state index contributed by atoms with van der Waals surface area (Å²) in [6.07, 6.45) is 2.43. The molecule has 0 aliphatic heterocycles. The van der Waals surface area contributed by atoms with Crippen LogP contribution in [0.5, 0.6) is 0 Å². The predicted octanol–water partition coefficient (Wildman–Crippen LogP) is 3.30. The van der Waals surface area contributed by atoms with Gasteiger partial charge in [-0.1, -0.05) is 6.07 Å². The van der Waals surface area contributed by atoms with Gasteiger partial charge in [-0.05, 0) is 39.7 Å². The van der Waals surface area contributed by atoms with Gasteiger partial charge in [0.15, 0.2) is 5.82 Å². The van der Waals surface area contributed by atoms with Gasteiger partial charge >= 0.3 is 0 Å². The van der Waals surface area contributed by atoms with Crippen LogP contribution in [0.1, 0.15) is 5.56 Å². The molecule has 1 aromatic carbocycles. The smallest absolute Gasteiger partial charge is 0.228 e. The van der Waals surface area contributed by atoms with Crippen molar-refractivity contribution < 1.29 is 13.6 Å². The van der Waals surface area contributed by atoms with Crippen LogP contribution >= 0.6 is 15.9 Å². The molecule has 0 saturated carbocycles. The maximum atomic E-state index is 13.3. The van der Waals surface area contributed by atoms with Crippen molar-refractivity contribution in [3.63, 3.8) is 0 Å². The summed E-state index contributed by atoms with van der Waals surface area (Å²) in [6.45, 7) is 0. The molecular weight excluding hydrogens is 318 g/mol. The monoisotopic (exact) mass is 326 g/mol. The molecule has 3 nitrogen and oxygen atoms in total. The van der Waals surface area contributed by atoms with Crippen molar-refractivity contribution in [2.75, 3.05) is 5.32 Å². The van der Waals surface area contributed by atoms with Crippen LogP contribution in [0.4, 0.5) is 14.5 Å². The molecule has 1 amide bonds. The topological polar surface area (TPSA) is 42.0 Å². The van der Waals surface area contributed by atoms with Crippen molar-refractivity contribution in [3.8, 4) is 0 Å². The highest BCUT2D eigenvalue weighted by Crippen LogP contribution is 2.18. The number of pyridine rings is 1. The molecule has 2 aromatic rings. The van der Waals surface area contributed by atoms with E-state index in [1.807, 2.05) is 0 Å². The molecule has 1 aromatic heterocycles. The third-order valence-electron chi connectivity index (χ3n) is 2.40. The van der Waals surface area contributed by atoms with E-state index in [1.165, 1.54) is 30.5 Å². The quantitative estimate of drug-likeness (QED) is 0.940. The van der Waals surface area contributed by atoms with Crippen molar-refractivity contribution in [2.24, 2.45) is 0 Å². The molecule has 0 spiro atoms. The lowest BCUT2D eigenvalue weighted by Gasteiger charge is -2.06. The summed E-state index contributed by atoms with van der Waals surface area (Å²) < 4.78 is 26.6. The first kappa shape index (κ1) is 13.6. The Labute approximate surface area is 116 Å². The van der Waals surface area contributed by atoms with Crippen LogP contribution in [0.3, 0.4) is 0 Å². The number of carbonyl (C=O) groups excluding carboxylic acids is 1. The number of hydrogen-bond acceptors (Lipinski definition) is 2. The van der Waals surface area contributed by atoms with E-state index in [0.29, 0.717) is 5.56 Å². The SMILES string of the molecule is O=C(Cc1ccc(F)c(Br)c1)Nc1ccncc1F. The number of benzene rings is 1. The van der Waals surface area contributed by atoms with Gasteiger partial charge in [-0.15, -0.1) is 0 Å². The number of anilines is 1. The summed E-state index contributed by atoms with van der Waals surface area (Å²) in [7, 11) is 0. The van der Waals surface area contributed by atoms with Gasteiger partial charge in [0.2, 0.25) is 5.91 Å². The third kappa shape index (κ3) is 3.57. The highest BCUT2D eigenvalue weighted by molar-refractivity contribution is 9.10. The molecule has 0 atom stereocenters. The fourth-order valence-electron chi connectivity index (χ4n) is 1.51. The van der Waals surface area contributed by atoms with E-state index in [4.69, 9.17) is 0 Å². The molecule has 0 aliphatic rings. The molecule has 6 heteroatoms. The average molecular weight is 327 g/mol. The lowest BCUT2D eigenvalue weighted by Crippen LogP contribution is -2.15. The van der Waals surface area contributed by atoms with Gasteiger partial charge < -0.3 is 5.32 Å². The average Bonchev–Trinajstić information content (AvgIpc) is 2.37. The Morgan fingerprint density at radius 2 is 2.05 bits per heavy atom. The Hall–Kier alpha value is -1.82. The first-order chi connectivity index (χ1) is 9.06. The Kier molecular flexibility index (Phi) is 4.21. The standard InChI is InChI=1S/C13H9BrF2N2O/c14-9-5-8(1-2-10(9)15)6-13(19)18-12-3-4-17-7-11(12)16/h1-5,7H,6H2,(H,17,18,19). The first-order valence-corrected chi connectivity index (χ1v) is 6.19. The number of nitrogens with zero attached hydrogens (tertiary/aromatic N) is 1. The van der Waals surface area contributed by atoms with E-state index < -0.39 is 11.6 Å². The van der Waals surface area contributed by atoms with Gasteiger partial charge in [0.05, 0.1) is 22.8 Å². The van der Waals surface area contributed by atoms with Crippen molar-refractivity contribution in [1.82, 2.24) is 4.98 Å². The summed E-state index contributed by atoms with van der Waals surface area (Å²) in [4.78, 5) is 15.3. The fourth-order valence-corrected chi connectivity index (χ4v) is 1.93. The van der Waals surface area contributed by atoms with Crippen LogP contribution in [-0.4, -0.2) is 10.9 Å². The second-order valence-corrected chi connectivity index (χ2v) is 4.68. The molecule has 19 heavy (non-hydrogen) atoms. The van der Waals surface area contributed by atoms with E-state index in [-0.39, 0.29) is 22.5 Å². The number of halogens is 3. The van der Waals surface area contributed by atoms with Gasteiger partial charge in [-0.25, -0.2) is 8.78 Å². The van der Waals surface area contributed by atoms with Gasteiger partial charge in [0.25, 0.3) is 0 Å². The number of hydrogen-bond donors (Lipinski definition) is 1. The number of nitrogens with one attached hydrogen (secondary N) is 1. The zero-order chi connectivity index (χ0) is 13.8. The van der Waals surface area contributed by atoms with Gasteiger partial charge in [-0.3, -0.25) is 9.78 Å². The molecular formula is C13H9BrF2N2O. The molecule has 0 fully saturated rings. The van der Waals surface area contributed by atoms with Gasteiger partial charge in [0.1, 0.15) is 5.82 Å². The van der Waals surface area contributed by atoms with E-state index in [1.54, 1.807) is 0 Å². The van der Waals surface area contributed by atoms with Crippen molar-refractivity contribution in [3.05, 3.63) is 58.3 Å². The maximum absolute atomic E-state index is 13.3. The minimum Gasteiger partial charge on any atom is -0.323 e. The molecule has 0 unspecified atom stereocenters. The van der Waals surface area contributed by atoms with Crippen molar-refractivity contribution >= 4 is 27.5 Å². The number of aromatic nitrogens is 1. The van der Waals surface area contributed by atoms with Crippen LogP contribution in [0.25, 0.3) is 0 Å². The van der Waals surface area contributed by atoms with E-state index >= 15 is 0 Å². The Bertz CT molecular complexity index is 619. The molecule has 1 heterocycles. The predicted molar refractivity (Wildman–Crippen MR) is 70.6 cm³/mol. The highest BCUT2D eigenvalue weighted by Gasteiger charge is 2.09. The van der Waals surface area contributed by atoms with Crippen LogP contribution in [0.2, 0.25) is 0 Å². The van der Waals surface area contributed by atoms with E-state index in [0.717, 1.165) is 6.20 Å². The van der Waals surface area contributed by atoms with Crippen LogP contribution < -0.4 is 5.32 Å². The van der Waals surface area contributed by atoms with Crippen LogP contribution in [0.15, 0.2) is 41.1 Å².